The standard InChI is InChI=1S/C12H7F5/c1-6-4-7-2-3-8(12(15,16)17)11(14)10(7)9(13)5-6/h2-5H,1H3. The topological polar surface area (TPSA) is 0 Å². The Labute approximate surface area is 93.7 Å². The van der Waals surface area contributed by atoms with Crippen molar-refractivity contribution in [2.45, 2.75) is 13.1 Å². The van der Waals surface area contributed by atoms with Crippen LogP contribution in [-0.2, 0) is 6.18 Å². The van der Waals surface area contributed by atoms with Crippen molar-refractivity contribution in [3.05, 3.63) is 47.0 Å². The molecule has 0 bridgehead atoms. The maximum absolute atomic E-state index is 13.6. The van der Waals surface area contributed by atoms with Gasteiger partial charge in [0.1, 0.15) is 11.6 Å². The summed E-state index contributed by atoms with van der Waals surface area (Å²) in [6.07, 6.45) is -4.82. The highest BCUT2D eigenvalue weighted by Gasteiger charge is 2.35. The molecular weight excluding hydrogens is 239 g/mol. The van der Waals surface area contributed by atoms with Gasteiger partial charge in [-0.25, -0.2) is 8.78 Å². The van der Waals surface area contributed by atoms with Gasteiger partial charge < -0.3 is 0 Å². The molecule has 0 nitrogen and oxygen atoms in total. The third-order valence-electron chi connectivity index (χ3n) is 2.46. The summed E-state index contributed by atoms with van der Waals surface area (Å²) in [5, 5.41) is -0.501. The van der Waals surface area contributed by atoms with Crippen LogP contribution < -0.4 is 0 Å². The smallest absolute Gasteiger partial charge is 0.206 e. The molecule has 0 amide bonds. The van der Waals surface area contributed by atoms with Crippen molar-refractivity contribution in [1.29, 1.82) is 0 Å². The molecule has 0 saturated heterocycles. The lowest BCUT2D eigenvalue weighted by atomic mass is 10.0. The van der Waals surface area contributed by atoms with Crippen LogP contribution >= 0.6 is 0 Å². The molecule has 0 atom stereocenters. The summed E-state index contributed by atoms with van der Waals surface area (Å²) in [5.74, 6) is -2.55. The molecule has 2 aromatic rings. The fraction of sp³-hybridized carbons (Fsp3) is 0.167. The molecule has 0 aliphatic rings. The Bertz CT molecular complexity index is 583. The van der Waals surface area contributed by atoms with Gasteiger partial charge in [-0.05, 0) is 30.0 Å². The van der Waals surface area contributed by atoms with Gasteiger partial charge in [-0.3, -0.25) is 0 Å². The van der Waals surface area contributed by atoms with E-state index in [-0.39, 0.29) is 5.39 Å². The third-order valence-corrected chi connectivity index (χ3v) is 2.46. The highest BCUT2D eigenvalue weighted by Crippen LogP contribution is 2.35. The SMILES string of the molecule is Cc1cc(F)c2c(F)c(C(F)(F)F)ccc2c1. The van der Waals surface area contributed by atoms with E-state index in [1.807, 2.05) is 0 Å². The summed E-state index contributed by atoms with van der Waals surface area (Å²) >= 11 is 0. The van der Waals surface area contributed by atoms with E-state index in [4.69, 9.17) is 0 Å². The molecule has 0 saturated carbocycles. The van der Waals surface area contributed by atoms with Crippen LogP contribution in [0.2, 0.25) is 0 Å². The average Bonchev–Trinajstić information content (AvgIpc) is 2.14. The van der Waals surface area contributed by atoms with Crippen LogP contribution in [0.3, 0.4) is 0 Å². The molecule has 5 heteroatoms. The second-order valence-electron chi connectivity index (χ2n) is 3.77. The van der Waals surface area contributed by atoms with Gasteiger partial charge in [0.05, 0.1) is 10.9 Å². The van der Waals surface area contributed by atoms with E-state index in [0.717, 1.165) is 12.1 Å². The molecule has 17 heavy (non-hydrogen) atoms. The van der Waals surface area contributed by atoms with Crippen molar-refractivity contribution < 1.29 is 22.0 Å². The molecule has 0 aromatic heterocycles. The Morgan fingerprint density at radius 3 is 2.24 bits per heavy atom. The molecule has 0 spiro atoms. The molecular formula is C12H7F5. The molecule has 90 valence electrons. The predicted octanol–water partition coefficient (Wildman–Crippen LogP) is 4.45. The molecule has 0 fully saturated rings. The van der Waals surface area contributed by atoms with Crippen LogP contribution in [0.1, 0.15) is 11.1 Å². The van der Waals surface area contributed by atoms with E-state index in [1.54, 1.807) is 6.92 Å². The third kappa shape index (κ3) is 1.97. The van der Waals surface area contributed by atoms with Crippen molar-refractivity contribution in [3.63, 3.8) is 0 Å². The Hall–Kier alpha value is -1.65. The minimum atomic E-state index is -4.82. The molecule has 2 aromatic carbocycles. The lowest BCUT2D eigenvalue weighted by Gasteiger charge is -2.10. The number of rotatable bonds is 0. The zero-order valence-electron chi connectivity index (χ0n) is 8.70. The number of aryl methyl sites for hydroxylation is 1. The number of hydrogen-bond donors (Lipinski definition) is 0. The van der Waals surface area contributed by atoms with Crippen LogP contribution in [0.25, 0.3) is 10.8 Å². The molecule has 0 N–H and O–H groups in total. The predicted molar refractivity (Wildman–Crippen MR) is 53.6 cm³/mol. The fourth-order valence-corrected chi connectivity index (χ4v) is 1.73. The van der Waals surface area contributed by atoms with E-state index in [9.17, 15) is 22.0 Å². The van der Waals surface area contributed by atoms with Gasteiger partial charge in [0.25, 0.3) is 0 Å². The monoisotopic (exact) mass is 246 g/mol. The summed E-state index contributed by atoms with van der Waals surface area (Å²) in [6.45, 7) is 1.58. The number of halogens is 5. The van der Waals surface area contributed by atoms with Gasteiger partial charge >= 0.3 is 6.18 Å². The second-order valence-corrected chi connectivity index (χ2v) is 3.77. The molecule has 0 heterocycles. The Morgan fingerprint density at radius 1 is 1.00 bits per heavy atom. The summed E-state index contributed by atoms with van der Waals surface area (Å²) < 4.78 is 64.3. The first-order valence-electron chi connectivity index (χ1n) is 4.76. The average molecular weight is 246 g/mol. The minimum absolute atomic E-state index is 0.119. The number of fused-ring (bicyclic) bond motifs is 1. The first kappa shape index (κ1) is 11.8. The normalized spacial score (nSPS) is 12.1. The molecule has 0 aliphatic heterocycles. The first-order chi connectivity index (χ1) is 7.80. The van der Waals surface area contributed by atoms with Crippen LogP contribution in [0.4, 0.5) is 22.0 Å². The Kier molecular flexibility index (Phi) is 2.56. The maximum atomic E-state index is 13.6. The largest absolute Gasteiger partial charge is 0.419 e. The second kappa shape index (κ2) is 3.68. The fourth-order valence-electron chi connectivity index (χ4n) is 1.73. The lowest BCUT2D eigenvalue weighted by molar-refractivity contribution is -0.139. The van der Waals surface area contributed by atoms with Gasteiger partial charge in [-0.1, -0.05) is 12.1 Å². The van der Waals surface area contributed by atoms with Gasteiger partial charge in [-0.2, -0.15) is 13.2 Å². The summed E-state index contributed by atoms with van der Waals surface area (Å²) in [4.78, 5) is 0. The number of alkyl halides is 3. The van der Waals surface area contributed by atoms with Gasteiger partial charge in [0.2, 0.25) is 0 Å². The highest BCUT2D eigenvalue weighted by molar-refractivity contribution is 5.85. The van der Waals surface area contributed by atoms with Crippen molar-refractivity contribution in [2.75, 3.05) is 0 Å². The minimum Gasteiger partial charge on any atom is -0.206 e. The van der Waals surface area contributed by atoms with Crippen molar-refractivity contribution in [2.24, 2.45) is 0 Å². The van der Waals surface area contributed by atoms with Crippen LogP contribution in [0, 0.1) is 18.6 Å². The van der Waals surface area contributed by atoms with Gasteiger partial charge in [0.15, 0.2) is 0 Å². The van der Waals surface area contributed by atoms with E-state index in [0.29, 0.717) is 11.6 Å². The molecule has 0 unspecified atom stereocenters. The first-order valence-corrected chi connectivity index (χ1v) is 4.76. The van der Waals surface area contributed by atoms with Crippen LogP contribution in [0.15, 0.2) is 24.3 Å². The van der Waals surface area contributed by atoms with E-state index < -0.39 is 28.8 Å². The van der Waals surface area contributed by atoms with Crippen molar-refractivity contribution >= 4 is 10.8 Å². The Balaban J connectivity index is 2.85. The lowest BCUT2D eigenvalue weighted by Crippen LogP contribution is -2.08. The van der Waals surface area contributed by atoms with Gasteiger partial charge in [-0.15, -0.1) is 0 Å². The summed E-state index contributed by atoms with van der Waals surface area (Å²) in [7, 11) is 0. The van der Waals surface area contributed by atoms with E-state index >= 15 is 0 Å². The Morgan fingerprint density at radius 2 is 1.65 bits per heavy atom. The molecule has 2 rings (SSSR count). The van der Waals surface area contributed by atoms with Crippen molar-refractivity contribution in [1.82, 2.24) is 0 Å². The molecule has 0 aliphatic carbocycles. The van der Waals surface area contributed by atoms with Crippen molar-refractivity contribution in [3.8, 4) is 0 Å². The number of hydrogen-bond acceptors (Lipinski definition) is 0. The quantitative estimate of drug-likeness (QED) is 0.602. The summed E-state index contributed by atoms with van der Waals surface area (Å²) in [6, 6.07) is 4.13. The summed E-state index contributed by atoms with van der Waals surface area (Å²) in [5.41, 5.74) is -0.929. The van der Waals surface area contributed by atoms with Crippen LogP contribution in [0.5, 0.6) is 0 Å². The maximum Gasteiger partial charge on any atom is 0.419 e. The zero-order valence-corrected chi connectivity index (χ0v) is 8.70. The molecule has 0 radical (unpaired) electrons. The number of benzene rings is 2. The highest BCUT2D eigenvalue weighted by atomic mass is 19.4. The van der Waals surface area contributed by atoms with E-state index in [2.05, 4.69) is 0 Å². The zero-order chi connectivity index (χ0) is 12.8. The van der Waals surface area contributed by atoms with Crippen LogP contribution in [-0.4, -0.2) is 0 Å². The van der Waals surface area contributed by atoms with E-state index in [1.165, 1.54) is 6.07 Å². The van der Waals surface area contributed by atoms with Gasteiger partial charge in [0, 0.05) is 0 Å².